The zero-order valence-electron chi connectivity index (χ0n) is 12.5. The van der Waals surface area contributed by atoms with Crippen LogP contribution in [0.1, 0.15) is 56.3 Å². The summed E-state index contributed by atoms with van der Waals surface area (Å²) >= 11 is 0. The Labute approximate surface area is 121 Å². The van der Waals surface area contributed by atoms with Crippen molar-refractivity contribution in [2.24, 2.45) is 5.92 Å². The predicted octanol–water partition coefficient (Wildman–Crippen LogP) is 3.99. The minimum absolute atomic E-state index is 0.277. The zero-order chi connectivity index (χ0) is 15.0. The van der Waals surface area contributed by atoms with E-state index in [0.29, 0.717) is 11.4 Å². The number of aromatic carboxylic acids is 1. The van der Waals surface area contributed by atoms with Crippen LogP contribution in [0.2, 0.25) is 0 Å². The molecule has 0 atom stereocenters. The highest BCUT2D eigenvalue weighted by molar-refractivity contribution is 5.95. The van der Waals surface area contributed by atoms with Gasteiger partial charge in [-0.05, 0) is 30.5 Å². The van der Waals surface area contributed by atoms with Gasteiger partial charge in [-0.15, -0.1) is 0 Å². The maximum Gasteiger partial charge on any atom is 0.337 e. The van der Waals surface area contributed by atoms with Crippen molar-refractivity contribution >= 4 is 17.3 Å². The van der Waals surface area contributed by atoms with Crippen molar-refractivity contribution in [2.45, 2.75) is 46.0 Å². The molecule has 0 aliphatic rings. The van der Waals surface area contributed by atoms with Gasteiger partial charge < -0.3 is 16.2 Å². The topological polar surface area (TPSA) is 75.3 Å². The van der Waals surface area contributed by atoms with Gasteiger partial charge in [0, 0.05) is 12.2 Å². The number of nitrogens with two attached hydrogens (primary N) is 1. The highest BCUT2D eigenvalue weighted by atomic mass is 16.4. The molecule has 112 valence electrons. The Bertz CT molecular complexity index is 430. The van der Waals surface area contributed by atoms with Crippen LogP contribution in [0.15, 0.2) is 18.2 Å². The van der Waals surface area contributed by atoms with Crippen LogP contribution in [0.4, 0.5) is 11.4 Å². The smallest absolute Gasteiger partial charge is 0.337 e. The Morgan fingerprint density at radius 1 is 1.25 bits per heavy atom. The first kappa shape index (κ1) is 16.3. The molecule has 0 saturated heterocycles. The molecule has 0 spiro atoms. The predicted molar refractivity (Wildman–Crippen MR) is 84.2 cm³/mol. The van der Waals surface area contributed by atoms with Crippen LogP contribution in [-0.4, -0.2) is 17.6 Å². The molecule has 20 heavy (non-hydrogen) atoms. The number of carbonyl (C=O) groups is 1. The maximum absolute atomic E-state index is 11.1. The molecule has 0 unspecified atom stereocenters. The summed E-state index contributed by atoms with van der Waals surface area (Å²) in [6.07, 6.45) is 6.01. The minimum atomic E-state index is -0.926. The third-order valence-corrected chi connectivity index (χ3v) is 3.30. The lowest BCUT2D eigenvalue weighted by Gasteiger charge is -2.10. The van der Waals surface area contributed by atoms with Crippen LogP contribution in [0, 0.1) is 5.92 Å². The number of anilines is 2. The summed E-state index contributed by atoms with van der Waals surface area (Å²) < 4.78 is 0. The van der Waals surface area contributed by atoms with Crippen LogP contribution in [-0.2, 0) is 0 Å². The normalized spacial score (nSPS) is 10.8. The van der Waals surface area contributed by atoms with Crippen molar-refractivity contribution in [3.63, 3.8) is 0 Å². The van der Waals surface area contributed by atoms with Gasteiger partial charge in [0.25, 0.3) is 0 Å². The fourth-order valence-corrected chi connectivity index (χ4v) is 2.15. The summed E-state index contributed by atoms with van der Waals surface area (Å²) in [5, 5.41) is 12.3. The maximum atomic E-state index is 11.1. The van der Waals surface area contributed by atoms with Gasteiger partial charge in [0.15, 0.2) is 0 Å². The third-order valence-electron chi connectivity index (χ3n) is 3.30. The van der Waals surface area contributed by atoms with Gasteiger partial charge in [-0.2, -0.15) is 0 Å². The number of rotatable bonds is 9. The number of nitrogen functional groups attached to an aromatic ring is 1. The highest BCUT2D eigenvalue weighted by Crippen LogP contribution is 2.19. The first-order chi connectivity index (χ1) is 9.50. The number of unbranched alkanes of at least 4 members (excludes halogenated alkanes) is 3. The number of hydrogen-bond acceptors (Lipinski definition) is 3. The first-order valence-electron chi connectivity index (χ1n) is 7.37. The van der Waals surface area contributed by atoms with Gasteiger partial charge in [-0.3, -0.25) is 0 Å². The molecule has 4 heteroatoms. The largest absolute Gasteiger partial charge is 0.478 e. The molecular formula is C16H26N2O2. The summed E-state index contributed by atoms with van der Waals surface area (Å²) in [6.45, 7) is 5.27. The van der Waals surface area contributed by atoms with Gasteiger partial charge in [0.1, 0.15) is 0 Å². The van der Waals surface area contributed by atoms with E-state index >= 15 is 0 Å². The minimum Gasteiger partial charge on any atom is -0.478 e. The SMILES string of the molecule is CC(C)CCCCCCNc1cc(N)ccc1C(=O)O. The Kier molecular flexibility index (Phi) is 6.91. The zero-order valence-corrected chi connectivity index (χ0v) is 12.5. The third kappa shape index (κ3) is 5.95. The number of benzene rings is 1. The molecule has 0 amide bonds. The molecule has 4 N–H and O–H groups in total. The second kappa shape index (κ2) is 8.46. The number of carboxylic acid groups (broad SMARTS) is 1. The first-order valence-corrected chi connectivity index (χ1v) is 7.37. The molecule has 1 rings (SSSR count). The average Bonchev–Trinajstić information content (AvgIpc) is 2.37. The molecule has 0 fully saturated rings. The van der Waals surface area contributed by atoms with Crippen LogP contribution < -0.4 is 11.1 Å². The Balaban J connectivity index is 2.31. The van der Waals surface area contributed by atoms with Gasteiger partial charge in [-0.1, -0.05) is 39.5 Å². The lowest BCUT2D eigenvalue weighted by Crippen LogP contribution is -2.08. The van der Waals surface area contributed by atoms with Gasteiger partial charge >= 0.3 is 5.97 Å². The highest BCUT2D eigenvalue weighted by Gasteiger charge is 2.09. The summed E-state index contributed by atoms with van der Waals surface area (Å²) in [5.41, 5.74) is 7.16. The number of carboxylic acids is 1. The van der Waals surface area contributed by atoms with Crippen LogP contribution in [0.25, 0.3) is 0 Å². The lowest BCUT2D eigenvalue weighted by molar-refractivity contribution is 0.0698. The Morgan fingerprint density at radius 3 is 2.60 bits per heavy atom. The van der Waals surface area contributed by atoms with E-state index in [1.54, 1.807) is 18.2 Å². The molecule has 1 aromatic carbocycles. The summed E-state index contributed by atoms with van der Waals surface area (Å²) in [6, 6.07) is 4.84. The average molecular weight is 278 g/mol. The van der Waals surface area contributed by atoms with E-state index in [1.807, 2.05) is 0 Å². The fraction of sp³-hybridized carbons (Fsp3) is 0.562. The monoisotopic (exact) mass is 278 g/mol. The van der Waals surface area contributed by atoms with E-state index in [0.717, 1.165) is 18.9 Å². The van der Waals surface area contributed by atoms with Gasteiger partial charge in [0.05, 0.1) is 11.3 Å². The van der Waals surface area contributed by atoms with Crippen LogP contribution in [0.3, 0.4) is 0 Å². The quantitative estimate of drug-likeness (QED) is 0.471. The van der Waals surface area contributed by atoms with E-state index in [4.69, 9.17) is 10.8 Å². The van der Waals surface area contributed by atoms with Crippen molar-refractivity contribution < 1.29 is 9.90 Å². The van der Waals surface area contributed by atoms with Gasteiger partial charge in [-0.25, -0.2) is 4.79 Å². The molecule has 0 aliphatic carbocycles. The molecule has 0 aliphatic heterocycles. The summed E-state index contributed by atoms with van der Waals surface area (Å²) in [7, 11) is 0. The van der Waals surface area contributed by atoms with E-state index in [1.165, 1.54) is 25.7 Å². The lowest BCUT2D eigenvalue weighted by atomic mass is 10.0. The Morgan fingerprint density at radius 2 is 1.95 bits per heavy atom. The summed E-state index contributed by atoms with van der Waals surface area (Å²) in [4.78, 5) is 11.1. The van der Waals surface area contributed by atoms with Crippen molar-refractivity contribution in [3.05, 3.63) is 23.8 Å². The van der Waals surface area contributed by atoms with E-state index in [9.17, 15) is 4.79 Å². The standard InChI is InChI=1S/C16H26N2O2/c1-12(2)7-5-3-4-6-10-18-15-11-13(17)8-9-14(15)16(19)20/h8-9,11-12,18H,3-7,10,17H2,1-2H3,(H,19,20). The van der Waals surface area contributed by atoms with E-state index in [-0.39, 0.29) is 5.56 Å². The van der Waals surface area contributed by atoms with Crippen molar-refractivity contribution in [3.8, 4) is 0 Å². The molecule has 4 nitrogen and oxygen atoms in total. The number of hydrogen-bond donors (Lipinski definition) is 3. The Hall–Kier alpha value is -1.71. The fourth-order valence-electron chi connectivity index (χ4n) is 2.15. The van der Waals surface area contributed by atoms with Crippen molar-refractivity contribution in [1.29, 1.82) is 0 Å². The second-order valence-corrected chi connectivity index (χ2v) is 5.63. The van der Waals surface area contributed by atoms with Crippen molar-refractivity contribution in [1.82, 2.24) is 0 Å². The van der Waals surface area contributed by atoms with E-state index in [2.05, 4.69) is 19.2 Å². The number of nitrogens with one attached hydrogen (secondary N) is 1. The van der Waals surface area contributed by atoms with Crippen LogP contribution in [0.5, 0.6) is 0 Å². The molecular weight excluding hydrogens is 252 g/mol. The molecule has 0 radical (unpaired) electrons. The van der Waals surface area contributed by atoms with Gasteiger partial charge in [0.2, 0.25) is 0 Å². The van der Waals surface area contributed by atoms with Crippen LogP contribution >= 0.6 is 0 Å². The van der Waals surface area contributed by atoms with E-state index < -0.39 is 5.97 Å². The summed E-state index contributed by atoms with van der Waals surface area (Å²) in [5.74, 6) is -0.150. The molecule has 0 heterocycles. The molecule has 1 aromatic rings. The molecule has 0 aromatic heterocycles. The van der Waals surface area contributed by atoms with Crippen molar-refractivity contribution in [2.75, 3.05) is 17.6 Å². The second-order valence-electron chi connectivity index (χ2n) is 5.63. The molecule has 0 saturated carbocycles. The molecule has 0 bridgehead atoms.